The van der Waals surface area contributed by atoms with Gasteiger partial charge in [0.05, 0.1) is 6.42 Å². The highest BCUT2D eigenvalue weighted by molar-refractivity contribution is 5.98. The fourth-order valence-corrected chi connectivity index (χ4v) is 1.92. The summed E-state index contributed by atoms with van der Waals surface area (Å²) < 4.78 is 5.55. The predicted octanol–water partition coefficient (Wildman–Crippen LogP) is 2.29. The molecule has 1 amide bonds. The first-order valence-corrected chi connectivity index (χ1v) is 5.96. The minimum Gasteiger partial charge on any atom is -0.481 e. The van der Waals surface area contributed by atoms with Crippen LogP contribution < -0.4 is 0 Å². The molecule has 0 aliphatic rings. The molecule has 2 rings (SSSR count). The van der Waals surface area contributed by atoms with Gasteiger partial charge in [-0.25, -0.2) is 0 Å². The average Bonchev–Trinajstić information content (AvgIpc) is 2.73. The van der Waals surface area contributed by atoms with Gasteiger partial charge in [-0.15, -0.1) is 0 Å². The van der Waals surface area contributed by atoms with E-state index in [0.717, 1.165) is 10.9 Å². The summed E-state index contributed by atoms with van der Waals surface area (Å²) in [5, 5.41) is 9.52. The van der Waals surface area contributed by atoms with Crippen LogP contribution in [0.15, 0.2) is 28.7 Å². The summed E-state index contributed by atoms with van der Waals surface area (Å²) in [4.78, 5) is 24.1. The molecule has 0 saturated heterocycles. The number of hydrogen-bond acceptors (Lipinski definition) is 3. The summed E-state index contributed by atoms with van der Waals surface area (Å²) in [6.45, 7) is 1.98. The number of nitrogens with zero attached hydrogens (tertiary/aromatic N) is 1. The molecule has 1 aromatic heterocycles. The number of fused-ring (bicyclic) bond motifs is 1. The van der Waals surface area contributed by atoms with Gasteiger partial charge in [0.25, 0.3) is 5.91 Å². The molecule has 5 heteroatoms. The van der Waals surface area contributed by atoms with Gasteiger partial charge in [0.1, 0.15) is 5.58 Å². The van der Waals surface area contributed by atoms with Gasteiger partial charge in [0.2, 0.25) is 0 Å². The first-order chi connectivity index (χ1) is 9.00. The van der Waals surface area contributed by atoms with Gasteiger partial charge in [0, 0.05) is 24.5 Å². The van der Waals surface area contributed by atoms with Crippen LogP contribution >= 0.6 is 0 Å². The van der Waals surface area contributed by atoms with Gasteiger partial charge >= 0.3 is 5.97 Å². The first kappa shape index (κ1) is 13.1. The molecule has 1 heterocycles. The van der Waals surface area contributed by atoms with Crippen molar-refractivity contribution >= 4 is 22.8 Å². The molecule has 100 valence electrons. The molecule has 2 aromatic rings. The molecule has 0 atom stereocenters. The molecular formula is C14H15NO4. The van der Waals surface area contributed by atoms with Crippen LogP contribution in [0.4, 0.5) is 0 Å². The number of rotatable bonds is 4. The number of carboxylic acid groups (broad SMARTS) is 1. The minimum absolute atomic E-state index is 0.0818. The lowest BCUT2D eigenvalue weighted by Crippen LogP contribution is -2.29. The number of carboxylic acids is 1. The molecule has 1 N–H and O–H groups in total. The highest BCUT2D eigenvalue weighted by Crippen LogP contribution is 2.25. The second-order valence-corrected chi connectivity index (χ2v) is 4.42. The Morgan fingerprint density at radius 1 is 1.32 bits per heavy atom. The Labute approximate surface area is 110 Å². The Balaban J connectivity index is 2.26. The van der Waals surface area contributed by atoms with Crippen LogP contribution in [0.3, 0.4) is 0 Å². The average molecular weight is 261 g/mol. The van der Waals surface area contributed by atoms with Crippen molar-refractivity contribution in [2.45, 2.75) is 13.3 Å². The van der Waals surface area contributed by atoms with Gasteiger partial charge in [0.15, 0.2) is 5.76 Å². The Kier molecular flexibility index (Phi) is 3.55. The van der Waals surface area contributed by atoms with E-state index in [2.05, 4.69) is 0 Å². The van der Waals surface area contributed by atoms with Crippen molar-refractivity contribution in [2.24, 2.45) is 0 Å². The van der Waals surface area contributed by atoms with Gasteiger partial charge in [-0.1, -0.05) is 18.2 Å². The molecule has 0 aliphatic carbocycles. The van der Waals surface area contributed by atoms with E-state index in [4.69, 9.17) is 9.52 Å². The molecule has 5 nitrogen and oxygen atoms in total. The van der Waals surface area contributed by atoms with E-state index in [-0.39, 0.29) is 24.6 Å². The topological polar surface area (TPSA) is 70.8 Å². The van der Waals surface area contributed by atoms with Crippen molar-refractivity contribution in [3.05, 3.63) is 35.6 Å². The summed E-state index contributed by atoms with van der Waals surface area (Å²) in [6.07, 6.45) is -0.0818. The number of amides is 1. The van der Waals surface area contributed by atoms with E-state index < -0.39 is 5.97 Å². The SMILES string of the molecule is Cc1c(C(=O)N(C)CCC(=O)O)oc2ccccc12. The number of furan rings is 1. The van der Waals surface area contributed by atoms with Gasteiger partial charge in [-0.2, -0.15) is 0 Å². The highest BCUT2D eigenvalue weighted by atomic mass is 16.4. The van der Waals surface area contributed by atoms with Crippen LogP contribution in [0.5, 0.6) is 0 Å². The Morgan fingerprint density at radius 2 is 2.00 bits per heavy atom. The van der Waals surface area contributed by atoms with E-state index in [9.17, 15) is 9.59 Å². The standard InChI is InChI=1S/C14H15NO4/c1-9-10-5-3-4-6-11(10)19-13(9)14(18)15(2)8-7-12(16)17/h3-6H,7-8H2,1-2H3,(H,16,17). The van der Waals surface area contributed by atoms with E-state index in [1.165, 1.54) is 4.90 Å². The van der Waals surface area contributed by atoms with Crippen molar-refractivity contribution in [3.63, 3.8) is 0 Å². The largest absolute Gasteiger partial charge is 0.481 e. The zero-order valence-electron chi connectivity index (χ0n) is 10.8. The summed E-state index contributed by atoms with van der Waals surface area (Å²) in [6, 6.07) is 7.42. The second kappa shape index (κ2) is 5.14. The monoisotopic (exact) mass is 261 g/mol. The maximum Gasteiger partial charge on any atom is 0.305 e. The smallest absolute Gasteiger partial charge is 0.305 e. The van der Waals surface area contributed by atoms with Crippen molar-refractivity contribution < 1.29 is 19.1 Å². The molecule has 1 aromatic carbocycles. The molecule has 19 heavy (non-hydrogen) atoms. The second-order valence-electron chi connectivity index (χ2n) is 4.42. The summed E-state index contributed by atoms with van der Waals surface area (Å²) in [5.41, 5.74) is 1.44. The number of para-hydroxylation sites is 1. The zero-order valence-corrected chi connectivity index (χ0v) is 10.8. The third-order valence-corrected chi connectivity index (χ3v) is 3.05. The number of aryl methyl sites for hydroxylation is 1. The Bertz CT molecular complexity index is 629. The Hall–Kier alpha value is -2.30. The van der Waals surface area contributed by atoms with Crippen molar-refractivity contribution in [1.82, 2.24) is 4.90 Å². The lowest BCUT2D eigenvalue weighted by atomic mass is 10.1. The fourth-order valence-electron chi connectivity index (χ4n) is 1.92. The molecule has 0 aliphatic heterocycles. The third-order valence-electron chi connectivity index (χ3n) is 3.05. The number of aliphatic carboxylic acids is 1. The minimum atomic E-state index is -0.930. The summed E-state index contributed by atoms with van der Waals surface area (Å²) >= 11 is 0. The fraction of sp³-hybridized carbons (Fsp3) is 0.286. The maximum absolute atomic E-state index is 12.2. The van der Waals surface area contributed by atoms with E-state index in [0.29, 0.717) is 5.58 Å². The van der Waals surface area contributed by atoms with E-state index in [1.54, 1.807) is 13.1 Å². The number of carbonyl (C=O) groups excluding carboxylic acids is 1. The van der Waals surface area contributed by atoms with Crippen molar-refractivity contribution in [3.8, 4) is 0 Å². The zero-order chi connectivity index (χ0) is 14.0. The van der Waals surface area contributed by atoms with Crippen LogP contribution in [0.2, 0.25) is 0 Å². The van der Waals surface area contributed by atoms with Crippen molar-refractivity contribution in [2.75, 3.05) is 13.6 Å². The van der Waals surface area contributed by atoms with Crippen LogP contribution in [0, 0.1) is 6.92 Å². The van der Waals surface area contributed by atoms with E-state index >= 15 is 0 Å². The molecule has 0 spiro atoms. The first-order valence-electron chi connectivity index (χ1n) is 5.96. The van der Waals surface area contributed by atoms with Crippen LogP contribution in [-0.2, 0) is 4.79 Å². The molecule has 0 unspecified atom stereocenters. The molecule has 0 bridgehead atoms. The van der Waals surface area contributed by atoms with Crippen LogP contribution in [-0.4, -0.2) is 35.5 Å². The third kappa shape index (κ3) is 2.59. The number of benzene rings is 1. The quantitative estimate of drug-likeness (QED) is 0.916. The molecular weight excluding hydrogens is 246 g/mol. The van der Waals surface area contributed by atoms with E-state index in [1.807, 2.05) is 25.1 Å². The highest BCUT2D eigenvalue weighted by Gasteiger charge is 2.20. The van der Waals surface area contributed by atoms with Gasteiger partial charge < -0.3 is 14.4 Å². The summed E-state index contributed by atoms with van der Waals surface area (Å²) in [7, 11) is 1.57. The van der Waals surface area contributed by atoms with Gasteiger partial charge in [-0.05, 0) is 13.0 Å². The number of hydrogen-bond donors (Lipinski definition) is 1. The lowest BCUT2D eigenvalue weighted by Gasteiger charge is -2.14. The molecule has 0 saturated carbocycles. The van der Waals surface area contributed by atoms with Gasteiger partial charge in [-0.3, -0.25) is 9.59 Å². The Morgan fingerprint density at radius 3 is 2.63 bits per heavy atom. The molecule has 0 radical (unpaired) electrons. The van der Waals surface area contributed by atoms with Crippen molar-refractivity contribution in [1.29, 1.82) is 0 Å². The van der Waals surface area contributed by atoms with Crippen LogP contribution in [0.25, 0.3) is 11.0 Å². The normalized spacial score (nSPS) is 10.6. The molecule has 0 fully saturated rings. The summed E-state index contributed by atoms with van der Waals surface area (Å²) in [5.74, 6) is -0.954. The van der Waals surface area contributed by atoms with Crippen LogP contribution in [0.1, 0.15) is 22.5 Å². The number of carbonyl (C=O) groups is 2. The lowest BCUT2D eigenvalue weighted by molar-refractivity contribution is -0.137. The predicted molar refractivity (Wildman–Crippen MR) is 70.2 cm³/mol. The maximum atomic E-state index is 12.2.